The maximum Gasteiger partial charge on any atom is 0.278 e. The van der Waals surface area contributed by atoms with Crippen LogP contribution in [0.2, 0.25) is 0 Å². The summed E-state index contributed by atoms with van der Waals surface area (Å²) in [5, 5.41) is 3.14. The average molecular weight is 439 g/mol. The summed E-state index contributed by atoms with van der Waals surface area (Å²) in [6.45, 7) is 8.25. The number of nitrogens with one attached hydrogen (secondary N) is 1. The van der Waals surface area contributed by atoms with Gasteiger partial charge in [0.2, 0.25) is 0 Å². The first-order valence-corrected chi connectivity index (χ1v) is 10.7. The van der Waals surface area contributed by atoms with E-state index in [4.69, 9.17) is 14.2 Å². The lowest BCUT2D eigenvalue weighted by molar-refractivity contribution is -0.137. The van der Waals surface area contributed by atoms with Gasteiger partial charge in [0.15, 0.2) is 0 Å². The number of imide groups is 1. The van der Waals surface area contributed by atoms with Gasteiger partial charge >= 0.3 is 0 Å². The van der Waals surface area contributed by atoms with Gasteiger partial charge in [-0.3, -0.25) is 14.5 Å². The molecule has 0 fully saturated rings. The Labute approximate surface area is 189 Å². The van der Waals surface area contributed by atoms with Crippen molar-refractivity contribution < 1.29 is 23.8 Å². The molecule has 0 aromatic heterocycles. The number of methoxy groups -OCH3 is 1. The minimum atomic E-state index is -0.382. The van der Waals surface area contributed by atoms with E-state index in [0.29, 0.717) is 22.6 Å². The molecule has 3 rings (SSSR count). The Balaban J connectivity index is 1.93. The van der Waals surface area contributed by atoms with Crippen LogP contribution in [0.4, 0.5) is 5.69 Å². The fourth-order valence-electron chi connectivity index (χ4n) is 3.35. The van der Waals surface area contributed by atoms with Crippen LogP contribution in [0.1, 0.15) is 33.3 Å². The molecule has 1 aliphatic heterocycles. The van der Waals surface area contributed by atoms with Crippen molar-refractivity contribution in [2.75, 3.05) is 25.6 Å². The molecule has 0 unspecified atom stereocenters. The van der Waals surface area contributed by atoms with Crippen molar-refractivity contribution in [3.05, 3.63) is 59.8 Å². The summed E-state index contributed by atoms with van der Waals surface area (Å²) in [5.41, 5.74) is 1.88. The molecule has 0 radical (unpaired) electrons. The lowest BCUT2D eigenvalue weighted by Gasteiger charge is -2.14. The number of hydrogen-bond acceptors (Lipinski definition) is 6. The number of amides is 2. The normalized spacial score (nSPS) is 14.0. The lowest BCUT2D eigenvalue weighted by atomic mass is 10.0. The molecule has 7 nitrogen and oxygen atoms in total. The van der Waals surface area contributed by atoms with Gasteiger partial charge in [-0.1, -0.05) is 12.1 Å². The zero-order valence-electron chi connectivity index (χ0n) is 19.2. The third-order valence-corrected chi connectivity index (χ3v) is 4.70. The summed E-state index contributed by atoms with van der Waals surface area (Å²) in [6.07, 6.45) is 0.105. The van der Waals surface area contributed by atoms with E-state index in [2.05, 4.69) is 5.32 Å². The maximum absolute atomic E-state index is 13.2. The number of ether oxygens (including phenoxy) is 3. The van der Waals surface area contributed by atoms with Crippen LogP contribution in [0.5, 0.6) is 11.5 Å². The number of rotatable bonds is 10. The summed E-state index contributed by atoms with van der Waals surface area (Å²) >= 11 is 0. The van der Waals surface area contributed by atoms with E-state index in [0.717, 1.165) is 5.75 Å². The van der Waals surface area contributed by atoms with E-state index in [1.54, 1.807) is 24.3 Å². The maximum atomic E-state index is 13.2. The second kappa shape index (κ2) is 10.3. The highest BCUT2D eigenvalue weighted by Crippen LogP contribution is 2.32. The predicted molar refractivity (Wildman–Crippen MR) is 124 cm³/mol. The lowest BCUT2D eigenvalue weighted by Crippen LogP contribution is -2.35. The van der Waals surface area contributed by atoms with Crippen molar-refractivity contribution in [1.82, 2.24) is 4.90 Å². The van der Waals surface area contributed by atoms with Crippen LogP contribution in [0.3, 0.4) is 0 Å². The first-order chi connectivity index (χ1) is 15.3. The summed E-state index contributed by atoms with van der Waals surface area (Å²) in [5.74, 6) is 0.697. The molecular formula is C25H30N2O5. The van der Waals surface area contributed by atoms with E-state index in [1.165, 1.54) is 12.0 Å². The summed E-state index contributed by atoms with van der Waals surface area (Å²) in [6, 6.07) is 14.5. The number of carbonyl (C=O) groups is 2. The predicted octanol–water partition coefficient (Wildman–Crippen LogP) is 4.10. The van der Waals surface area contributed by atoms with Gasteiger partial charge in [-0.2, -0.15) is 0 Å². The third-order valence-electron chi connectivity index (χ3n) is 4.70. The molecule has 32 heavy (non-hydrogen) atoms. The quantitative estimate of drug-likeness (QED) is 0.563. The highest BCUT2D eigenvalue weighted by atomic mass is 16.5. The molecule has 0 spiro atoms. The minimum absolute atomic E-state index is 0.0409. The molecule has 7 heteroatoms. The number of anilines is 1. The Kier molecular flexibility index (Phi) is 7.53. The van der Waals surface area contributed by atoms with Crippen LogP contribution in [0.15, 0.2) is 54.2 Å². The van der Waals surface area contributed by atoms with Crippen LogP contribution < -0.4 is 14.8 Å². The molecule has 1 aliphatic rings. The first kappa shape index (κ1) is 23.3. The monoisotopic (exact) mass is 438 g/mol. The Morgan fingerprint density at radius 2 is 1.34 bits per heavy atom. The van der Waals surface area contributed by atoms with Crippen LogP contribution in [-0.2, 0) is 14.3 Å². The molecule has 0 bridgehead atoms. The Morgan fingerprint density at radius 1 is 0.812 bits per heavy atom. The van der Waals surface area contributed by atoms with E-state index >= 15 is 0 Å². The zero-order chi connectivity index (χ0) is 23.3. The highest BCUT2D eigenvalue weighted by Gasteiger charge is 2.39. The molecule has 0 aliphatic carbocycles. The van der Waals surface area contributed by atoms with Crippen molar-refractivity contribution in [3.8, 4) is 11.5 Å². The van der Waals surface area contributed by atoms with Crippen LogP contribution in [0, 0.1) is 0 Å². The van der Waals surface area contributed by atoms with Gasteiger partial charge in [-0.05, 0) is 69.7 Å². The molecule has 2 aromatic rings. The van der Waals surface area contributed by atoms with Crippen LogP contribution >= 0.6 is 0 Å². The Bertz CT molecular complexity index is 978. The molecule has 2 amide bonds. The average Bonchev–Trinajstić information content (AvgIpc) is 2.97. The van der Waals surface area contributed by atoms with E-state index in [-0.39, 0.29) is 42.9 Å². The van der Waals surface area contributed by atoms with Crippen LogP contribution in [-0.4, -0.2) is 49.2 Å². The molecule has 0 atom stereocenters. The SMILES string of the molecule is COCCN1C(=O)C(Nc2ccc(OC(C)C)cc2)=C(c2ccc(OC(C)C)cc2)C1=O. The largest absolute Gasteiger partial charge is 0.491 e. The summed E-state index contributed by atoms with van der Waals surface area (Å²) in [4.78, 5) is 27.5. The fourth-order valence-corrected chi connectivity index (χ4v) is 3.35. The van der Waals surface area contributed by atoms with Gasteiger partial charge in [0.1, 0.15) is 17.2 Å². The summed E-state index contributed by atoms with van der Waals surface area (Å²) < 4.78 is 16.4. The minimum Gasteiger partial charge on any atom is -0.491 e. The van der Waals surface area contributed by atoms with Crippen molar-refractivity contribution in [1.29, 1.82) is 0 Å². The van der Waals surface area contributed by atoms with Crippen LogP contribution in [0.25, 0.3) is 5.57 Å². The van der Waals surface area contributed by atoms with Crippen molar-refractivity contribution in [3.63, 3.8) is 0 Å². The molecule has 170 valence electrons. The van der Waals surface area contributed by atoms with Gasteiger partial charge in [0.05, 0.1) is 30.9 Å². The van der Waals surface area contributed by atoms with Crippen molar-refractivity contribution in [2.45, 2.75) is 39.9 Å². The van der Waals surface area contributed by atoms with Gasteiger partial charge in [0.25, 0.3) is 11.8 Å². The Morgan fingerprint density at radius 3 is 1.84 bits per heavy atom. The molecule has 2 aromatic carbocycles. The van der Waals surface area contributed by atoms with E-state index < -0.39 is 0 Å². The fraction of sp³-hybridized carbons (Fsp3) is 0.360. The van der Waals surface area contributed by atoms with E-state index in [1.807, 2.05) is 52.0 Å². The number of carbonyl (C=O) groups excluding carboxylic acids is 2. The van der Waals surface area contributed by atoms with Crippen molar-refractivity contribution in [2.24, 2.45) is 0 Å². The Hall–Kier alpha value is -3.32. The first-order valence-electron chi connectivity index (χ1n) is 10.7. The molecule has 1 heterocycles. The van der Waals surface area contributed by atoms with Gasteiger partial charge < -0.3 is 19.5 Å². The van der Waals surface area contributed by atoms with Gasteiger partial charge in [-0.15, -0.1) is 0 Å². The molecule has 1 N–H and O–H groups in total. The smallest absolute Gasteiger partial charge is 0.278 e. The van der Waals surface area contributed by atoms with Gasteiger partial charge in [-0.25, -0.2) is 0 Å². The number of nitrogens with zero attached hydrogens (tertiary/aromatic N) is 1. The molecule has 0 saturated carbocycles. The standard InChI is InChI=1S/C25H30N2O5/c1-16(2)31-20-10-6-18(7-11-20)22-23(25(29)27(24(22)28)14-15-30-5)26-19-8-12-21(13-9-19)32-17(3)4/h6-13,16-17,26H,14-15H2,1-5H3. The van der Waals surface area contributed by atoms with Crippen molar-refractivity contribution >= 4 is 23.1 Å². The topological polar surface area (TPSA) is 77.1 Å². The number of benzene rings is 2. The second-order valence-corrected chi connectivity index (χ2v) is 8.01. The highest BCUT2D eigenvalue weighted by molar-refractivity contribution is 6.36. The third kappa shape index (κ3) is 5.48. The molecule has 0 saturated heterocycles. The van der Waals surface area contributed by atoms with Gasteiger partial charge in [0, 0.05) is 12.8 Å². The number of hydrogen-bond donors (Lipinski definition) is 1. The molecular weight excluding hydrogens is 408 g/mol. The second-order valence-electron chi connectivity index (χ2n) is 8.01. The van der Waals surface area contributed by atoms with E-state index in [9.17, 15) is 9.59 Å². The summed E-state index contributed by atoms with van der Waals surface area (Å²) in [7, 11) is 1.53. The zero-order valence-corrected chi connectivity index (χ0v) is 19.2.